The largest absolute Gasteiger partial charge is 0.493 e. The van der Waals surface area contributed by atoms with Gasteiger partial charge in [0.05, 0.1) is 35.9 Å². The van der Waals surface area contributed by atoms with Gasteiger partial charge in [0.15, 0.2) is 27.2 Å². The van der Waals surface area contributed by atoms with Crippen molar-refractivity contribution in [3.05, 3.63) is 53.0 Å². The highest BCUT2D eigenvalue weighted by molar-refractivity contribution is 7.91. The number of hydrogen-bond donors (Lipinski definition) is 2. The minimum atomic E-state index is -3.72. The van der Waals surface area contributed by atoms with Crippen molar-refractivity contribution in [3.63, 3.8) is 0 Å². The molecule has 1 aromatic heterocycles. The van der Waals surface area contributed by atoms with E-state index in [9.17, 15) is 17.2 Å². The topological polar surface area (TPSA) is 111 Å². The van der Waals surface area contributed by atoms with E-state index >= 15 is 4.39 Å². The van der Waals surface area contributed by atoms with Crippen LogP contribution < -0.4 is 14.8 Å². The molecule has 2 aromatic carbocycles. The molecular weight excluding hydrogens is 511 g/mol. The molecule has 1 saturated heterocycles. The third kappa shape index (κ3) is 5.59. The van der Waals surface area contributed by atoms with Gasteiger partial charge in [0.2, 0.25) is 0 Å². The predicted molar refractivity (Wildman–Crippen MR) is 133 cm³/mol. The molecule has 0 amide bonds. The summed E-state index contributed by atoms with van der Waals surface area (Å²) in [6, 6.07) is 6.26. The Labute approximate surface area is 212 Å². The van der Waals surface area contributed by atoms with Crippen LogP contribution in [0.5, 0.6) is 11.5 Å². The summed E-state index contributed by atoms with van der Waals surface area (Å²) in [6.07, 6.45) is 0.395. The number of aryl methyl sites for hydroxylation is 1. The molecule has 4 rings (SSSR count). The summed E-state index contributed by atoms with van der Waals surface area (Å²) in [5.74, 6) is -3.67. The van der Waals surface area contributed by atoms with Gasteiger partial charge in [-0.15, -0.1) is 5.10 Å². The molecule has 0 aliphatic carbocycles. The standard InChI is InChI=1S/C25H28F3N3O5S/c1-14(17-5-4-6-20(23(17)26)25(27,28)13-32)29-24-19-12-22(36-16-7-9-37(33,34)10-8-16)21(35-3)11-18(19)15(2)30-31-24/h4-6,11-12,14,16,32H,7-10,13H2,1-3H3,(H,29,31)/t14-/m1/s1. The number of aliphatic hydroxyl groups excluding tert-OH is 1. The molecule has 12 heteroatoms. The van der Waals surface area contributed by atoms with Crippen LogP contribution in [0.4, 0.5) is 19.0 Å². The third-order valence-corrected chi connectivity index (χ3v) is 8.20. The van der Waals surface area contributed by atoms with Crippen LogP contribution in [0.25, 0.3) is 10.8 Å². The minimum Gasteiger partial charge on any atom is -0.493 e. The van der Waals surface area contributed by atoms with E-state index in [4.69, 9.17) is 14.6 Å². The highest BCUT2D eigenvalue weighted by atomic mass is 32.2. The molecule has 0 radical (unpaired) electrons. The maximum atomic E-state index is 15.0. The number of nitrogens with zero attached hydrogens (tertiary/aromatic N) is 2. The molecule has 1 aliphatic rings. The van der Waals surface area contributed by atoms with Crippen LogP contribution in [0.3, 0.4) is 0 Å². The summed E-state index contributed by atoms with van der Waals surface area (Å²) in [5.41, 5.74) is -0.331. The van der Waals surface area contributed by atoms with Crippen molar-refractivity contribution < 1.29 is 36.2 Å². The van der Waals surface area contributed by atoms with E-state index in [1.807, 2.05) is 0 Å². The molecule has 0 bridgehead atoms. The molecule has 2 N–H and O–H groups in total. The summed E-state index contributed by atoms with van der Waals surface area (Å²) in [7, 11) is -1.57. The van der Waals surface area contributed by atoms with Crippen molar-refractivity contribution in [2.75, 3.05) is 30.5 Å². The zero-order valence-corrected chi connectivity index (χ0v) is 21.4. The quantitative estimate of drug-likeness (QED) is 0.436. The van der Waals surface area contributed by atoms with E-state index in [1.165, 1.54) is 19.2 Å². The maximum Gasteiger partial charge on any atom is 0.298 e. The van der Waals surface area contributed by atoms with Gasteiger partial charge in [0, 0.05) is 16.3 Å². The summed E-state index contributed by atoms with van der Waals surface area (Å²) >= 11 is 0. The molecule has 0 saturated carbocycles. The van der Waals surface area contributed by atoms with Gasteiger partial charge >= 0.3 is 0 Å². The molecule has 3 aromatic rings. The minimum absolute atomic E-state index is 0.0328. The summed E-state index contributed by atoms with van der Waals surface area (Å²) in [4.78, 5) is 0. The molecule has 0 spiro atoms. The van der Waals surface area contributed by atoms with Gasteiger partial charge in [-0.3, -0.25) is 0 Å². The first-order chi connectivity index (χ1) is 17.5. The second-order valence-corrected chi connectivity index (χ2v) is 11.4. The van der Waals surface area contributed by atoms with E-state index in [0.717, 1.165) is 6.07 Å². The Balaban J connectivity index is 1.69. The fraction of sp³-hybridized carbons (Fsp3) is 0.440. The van der Waals surface area contributed by atoms with E-state index in [2.05, 4.69) is 15.5 Å². The molecular formula is C25H28F3N3O5S. The van der Waals surface area contributed by atoms with Gasteiger partial charge in [-0.25, -0.2) is 12.8 Å². The Morgan fingerprint density at radius 1 is 1.16 bits per heavy atom. The fourth-order valence-corrected chi connectivity index (χ4v) is 5.79. The van der Waals surface area contributed by atoms with Gasteiger partial charge in [0.1, 0.15) is 18.5 Å². The Bertz CT molecular complexity index is 1400. The lowest BCUT2D eigenvalue weighted by atomic mass is 10.00. The number of rotatable bonds is 8. The van der Waals surface area contributed by atoms with E-state index < -0.39 is 39.8 Å². The average Bonchev–Trinajstić information content (AvgIpc) is 2.86. The Kier molecular flexibility index (Phi) is 7.52. The second kappa shape index (κ2) is 10.3. The SMILES string of the molecule is COc1cc2c(C)nnc(N[C@H](C)c3cccc(C(F)(F)CO)c3F)c2cc1OC1CCS(=O)(=O)CC1. The number of fused-ring (bicyclic) bond motifs is 1. The van der Waals surface area contributed by atoms with Crippen LogP contribution in [-0.2, 0) is 15.8 Å². The summed E-state index contributed by atoms with van der Waals surface area (Å²) < 4.78 is 78.3. The van der Waals surface area contributed by atoms with Crippen molar-refractivity contribution in [2.24, 2.45) is 0 Å². The average molecular weight is 540 g/mol. The van der Waals surface area contributed by atoms with Crippen LogP contribution in [0.15, 0.2) is 30.3 Å². The number of sulfone groups is 1. The lowest BCUT2D eigenvalue weighted by molar-refractivity contribution is -0.0583. The maximum absolute atomic E-state index is 15.0. The first-order valence-corrected chi connectivity index (χ1v) is 13.5. The first-order valence-electron chi connectivity index (χ1n) is 11.7. The Morgan fingerprint density at radius 2 is 1.84 bits per heavy atom. The van der Waals surface area contributed by atoms with Gasteiger partial charge in [0.25, 0.3) is 5.92 Å². The van der Waals surface area contributed by atoms with Crippen LogP contribution in [0.1, 0.15) is 42.6 Å². The van der Waals surface area contributed by atoms with Crippen molar-refractivity contribution in [1.82, 2.24) is 10.2 Å². The number of benzene rings is 2. The number of halogens is 3. The van der Waals surface area contributed by atoms with Crippen molar-refractivity contribution in [2.45, 2.75) is 44.8 Å². The number of methoxy groups -OCH3 is 1. The van der Waals surface area contributed by atoms with Gasteiger partial charge in [-0.1, -0.05) is 12.1 Å². The molecule has 200 valence electrons. The highest BCUT2D eigenvalue weighted by Crippen LogP contribution is 2.39. The predicted octanol–water partition coefficient (Wildman–Crippen LogP) is 4.30. The highest BCUT2D eigenvalue weighted by Gasteiger charge is 2.35. The second-order valence-electron chi connectivity index (χ2n) is 9.09. The molecule has 8 nitrogen and oxygen atoms in total. The van der Waals surface area contributed by atoms with Gasteiger partial charge < -0.3 is 19.9 Å². The van der Waals surface area contributed by atoms with E-state index in [-0.39, 0.29) is 29.0 Å². The number of alkyl halides is 2. The summed E-state index contributed by atoms with van der Waals surface area (Å²) in [5, 5.41) is 21.7. The normalized spacial score (nSPS) is 16.9. The number of aliphatic hydroxyl groups is 1. The van der Waals surface area contributed by atoms with Crippen LogP contribution in [0, 0.1) is 12.7 Å². The molecule has 2 heterocycles. The smallest absolute Gasteiger partial charge is 0.298 e. The lowest BCUT2D eigenvalue weighted by Gasteiger charge is -2.25. The monoisotopic (exact) mass is 539 g/mol. The molecule has 0 unspecified atom stereocenters. The molecule has 37 heavy (non-hydrogen) atoms. The van der Waals surface area contributed by atoms with Crippen molar-refractivity contribution >= 4 is 26.4 Å². The number of ether oxygens (including phenoxy) is 2. The van der Waals surface area contributed by atoms with Crippen LogP contribution in [-0.4, -0.2) is 55.0 Å². The van der Waals surface area contributed by atoms with Crippen molar-refractivity contribution in [1.29, 1.82) is 0 Å². The molecule has 1 aliphatic heterocycles. The van der Waals surface area contributed by atoms with E-state index in [1.54, 1.807) is 26.0 Å². The van der Waals surface area contributed by atoms with Crippen LogP contribution >= 0.6 is 0 Å². The van der Waals surface area contributed by atoms with Crippen LogP contribution in [0.2, 0.25) is 0 Å². The fourth-order valence-electron chi connectivity index (χ4n) is 4.35. The lowest BCUT2D eigenvalue weighted by Crippen LogP contribution is -2.30. The van der Waals surface area contributed by atoms with Crippen molar-refractivity contribution in [3.8, 4) is 11.5 Å². The Morgan fingerprint density at radius 3 is 2.49 bits per heavy atom. The van der Waals surface area contributed by atoms with Gasteiger partial charge in [-0.2, -0.15) is 13.9 Å². The number of aromatic nitrogens is 2. The van der Waals surface area contributed by atoms with E-state index in [0.29, 0.717) is 40.8 Å². The number of anilines is 1. The first kappa shape index (κ1) is 26.9. The zero-order valence-electron chi connectivity index (χ0n) is 20.6. The zero-order chi connectivity index (χ0) is 27.0. The molecule has 1 atom stereocenters. The number of nitrogens with one attached hydrogen (secondary N) is 1. The third-order valence-electron chi connectivity index (χ3n) is 6.48. The Hall–Kier alpha value is -3.12. The molecule has 1 fully saturated rings. The number of hydrogen-bond acceptors (Lipinski definition) is 8. The summed E-state index contributed by atoms with van der Waals surface area (Å²) in [6.45, 7) is 1.84. The van der Waals surface area contributed by atoms with Gasteiger partial charge in [-0.05, 0) is 44.9 Å².